The van der Waals surface area contributed by atoms with Gasteiger partial charge in [0, 0.05) is 18.9 Å². The molecular formula is C17H22N4O2. The molecule has 0 unspecified atom stereocenters. The summed E-state index contributed by atoms with van der Waals surface area (Å²) in [5.74, 6) is 0.773. The molecule has 3 rings (SSSR count). The van der Waals surface area contributed by atoms with Crippen LogP contribution in [0.15, 0.2) is 30.7 Å². The quantitative estimate of drug-likeness (QED) is 0.913. The van der Waals surface area contributed by atoms with E-state index in [1.807, 2.05) is 32.3 Å². The van der Waals surface area contributed by atoms with Gasteiger partial charge in [-0.1, -0.05) is 6.07 Å². The average molecular weight is 314 g/mol. The maximum absolute atomic E-state index is 12.3. The molecule has 2 aromatic rings. The van der Waals surface area contributed by atoms with E-state index in [9.17, 15) is 4.79 Å². The van der Waals surface area contributed by atoms with Crippen molar-refractivity contribution in [2.75, 3.05) is 0 Å². The van der Waals surface area contributed by atoms with Gasteiger partial charge in [-0.3, -0.25) is 14.5 Å². The minimum Gasteiger partial charge on any atom is -0.485 e. The number of nitrogens with zero attached hydrogens (tertiary/aromatic N) is 3. The van der Waals surface area contributed by atoms with Crippen LogP contribution in [-0.4, -0.2) is 32.8 Å². The number of rotatable bonds is 5. The lowest BCUT2D eigenvalue weighted by molar-refractivity contribution is -0.121. The molecule has 1 N–H and O–H groups in total. The second-order valence-corrected chi connectivity index (χ2v) is 6.04. The van der Waals surface area contributed by atoms with Crippen molar-refractivity contribution in [2.24, 2.45) is 7.05 Å². The summed E-state index contributed by atoms with van der Waals surface area (Å²) < 4.78 is 7.68. The highest BCUT2D eigenvalue weighted by Gasteiger charge is 2.30. The van der Waals surface area contributed by atoms with Crippen molar-refractivity contribution in [3.8, 4) is 5.75 Å². The fourth-order valence-corrected chi connectivity index (χ4v) is 3.00. The number of aromatic nitrogens is 3. The molecule has 122 valence electrons. The predicted molar refractivity (Wildman–Crippen MR) is 86.1 cm³/mol. The molecule has 1 fully saturated rings. The summed E-state index contributed by atoms with van der Waals surface area (Å²) in [7, 11) is 1.86. The monoisotopic (exact) mass is 314 g/mol. The van der Waals surface area contributed by atoms with Crippen LogP contribution < -0.4 is 10.1 Å². The van der Waals surface area contributed by atoms with Crippen LogP contribution in [0, 0.1) is 6.92 Å². The third kappa shape index (κ3) is 3.88. The van der Waals surface area contributed by atoms with Gasteiger partial charge in [-0.05, 0) is 37.8 Å². The maximum Gasteiger partial charge on any atom is 0.224 e. The molecule has 2 atom stereocenters. The molecule has 1 amide bonds. The molecule has 1 aliphatic carbocycles. The van der Waals surface area contributed by atoms with Gasteiger partial charge in [0.25, 0.3) is 0 Å². The Morgan fingerprint density at radius 3 is 3.09 bits per heavy atom. The Bertz CT molecular complexity index is 683. The number of hydrogen-bond donors (Lipinski definition) is 1. The van der Waals surface area contributed by atoms with Crippen LogP contribution in [0.3, 0.4) is 0 Å². The van der Waals surface area contributed by atoms with E-state index in [1.54, 1.807) is 17.1 Å². The Balaban J connectivity index is 1.57. The van der Waals surface area contributed by atoms with E-state index < -0.39 is 0 Å². The predicted octanol–water partition coefficient (Wildman–Crippen LogP) is 1.78. The molecule has 2 heterocycles. The molecule has 0 spiro atoms. The van der Waals surface area contributed by atoms with Gasteiger partial charge in [-0.25, -0.2) is 0 Å². The van der Waals surface area contributed by atoms with E-state index in [4.69, 9.17) is 4.74 Å². The first-order chi connectivity index (χ1) is 11.1. The summed E-state index contributed by atoms with van der Waals surface area (Å²) in [4.78, 5) is 16.5. The highest BCUT2D eigenvalue weighted by atomic mass is 16.5. The Labute approximate surface area is 135 Å². The van der Waals surface area contributed by atoms with Crippen LogP contribution in [0.2, 0.25) is 0 Å². The van der Waals surface area contributed by atoms with Crippen molar-refractivity contribution in [3.05, 3.63) is 42.0 Å². The Morgan fingerprint density at radius 2 is 2.35 bits per heavy atom. The number of amides is 1. The summed E-state index contributed by atoms with van der Waals surface area (Å²) in [6, 6.07) is 3.86. The number of ether oxygens (including phenoxy) is 1. The fourth-order valence-electron chi connectivity index (χ4n) is 3.00. The second kappa shape index (κ2) is 6.81. The summed E-state index contributed by atoms with van der Waals surface area (Å²) in [6.45, 7) is 1.92. The molecule has 6 heteroatoms. The van der Waals surface area contributed by atoms with Crippen molar-refractivity contribution in [1.29, 1.82) is 0 Å². The largest absolute Gasteiger partial charge is 0.485 e. The van der Waals surface area contributed by atoms with Gasteiger partial charge in [-0.2, -0.15) is 5.10 Å². The van der Waals surface area contributed by atoms with E-state index >= 15 is 0 Å². The number of aryl methyl sites for hydroxylation is 2. The summed E-state index contributed by atoms with van der Waals surface area (Å²) in [5.41, 5.74) is 1.87. The highest BCUT2D eigenvalue weighted by Crippen LogP contribution is 2.24. The summed E-state index contributed by atoms with van der Waals surface area (Å²) in [6.07, 6.45) is 8.61. The van der Waals surface area contributed by atoms with Gasteiger partial charge < -0.3 is 10.1 Å². The third-order valence-corrected chi connectivity index (χ3v) is 4.23. The molecular weight excluding hydrogens is 292 g/mol. The SMILES string of the molecule is Cc1ncccc1CC(=O)N[C@H]1CCC[C@H]1Oc1cnn(C)c1. The van der Waals surface area contributed by atoms with Crippen LogP contribution in [0.1, 0.15) is 30.5 Å². The van der Waals surface area contributed by atoms with E-state index in [0.717, 1.165) is 36.3 Å². The van der Waals surface area contributed by atoms with E-state index in [1.165, 1.54) is 0 Å². The van der Waals surface area contributed by atoms with Crippen molar-refractivity contribution in [2.45, 2.75) is 44.8 Å². The minimum absolute atomic E-state index is 0.0122. The van der Waals surface area contributed by atoms with E-state index in [-0.39, 0.29) is 18.1 Å². The third-order valence-electron chi connectivity index (χ3n) is 4.23. The molecule has 0 bridgehead atoms. The summed E-state index contributed by atoms with van der Waals surface area (Å²) >= 11 is 0. The lowest BCUT2D eigenvalue weighted by atomic mass is 10.1. The van der Waals surface area contributed by atoms with Crippen molar-refractivity contribution in [3.63, 3.8) is 0 Å². The first kappa shape index (κ1) is 15.5. The van der Waals surface area contributed by atoms with Gasteiger partial charge in [0.1, 0.15) is 6.10 Å². The number of carbonyl (C=O) groups excluding carboxylic acids is 1. The molecule has 23 heavy (non-hydrogen) atoms. The molecule has 2 aromatic heterocycles. The number of nitrogens with one attached hydrogen (secondary N) is 1. The summed E-state index contributed by atoms with van der Waals surface area (Å²) in [5, 5.41) is 7.22. The molecule has 1 saturated carbocycles. The number of carbonyl (C=O) groups is 1. The second-order valence-electron chi connectivity index (χ2n) is 6.04. The lowest BCUT2D eigenvalue weighted by Crippen LogP contribution is -2.43. The van der Waals surface area contributed by atoms with Gasteiger partial charge >= 0.3 is 0 Å². The van der Waals surface area contributed by atoms with E-state index in [0.29, 0.717) is 6.42 Å². The maximum atomic E-state index is 12.3. The Hall–Kier alpha value is -2.37. The smallest absolute Gasteiger partial charge is 0.224 e. The average Bonchev–Trinajstić information content (AvgIpc) is 3.11. The number of pyridine rings is 1. The van der Waals surface area contributed by atoms with Crippen LogP contribution in [0.4, 0.5) is 0 Å². The molecule has 0 aromatic carbocycles. The van der Waals surface area contributed by atoms with Crippen LogP contribution in [0.5, 0.6) is 5.75 Å². The Kier molecular flexibility index (Phi) is 4.60. The van der Waals surface area contributed by atoms with Gasteiger partial charge in [0.2, 0.25) is 5.91 Å². The molecule has 0 aliphatic heterocycles. The first-order valence-corrected chi connectivity index (χ1v) is 7.97. The highest BCUT2D eigenvalue weighted by molar-refractivity contribution is 5.79. The Morgan fingerprint density at radius 1 is 1.48 bits per heavy atom. The zero-order valence-electron chi connectivity index (χ0n) is 13.5. The van der Waals surface area contributed by atoms with Crippen LogP contribution >= 0.6 is 0 Å². The first-order valence-electron chi connectivity index (χ1n) is 7.97. The minimum atomic E-state index is 0.0122. The van der Waals surface area contributed by atoms with E-state index in [2.05, 4.69) is 15.4 Å². The lowest BCUT2D eigenvalue weighted by Gasteiger charge is -2.21. The van der Waals surface area contributed by atoms with Crippen molar-refractivity contribution < 1.29 is 9.53 Å². The van der Waals surface area contributed by atoms with Crippen LogP contribution in [0.25, 0.3) is 0 Å². The van der Waals surface area contributed by atoms with Gasteiger partial charge in [-0.15, -0.1) is 0 Å². The fraction of sp³-hybridized carbons (Fsp3) is 0.471. The normalized spacial score (nSPS) is 20.4. The van der Waals surface area contributed by atoms with Crippen molar-refractivity contribution >= 4 is 5.91 Å². The van der Waals surface area contributed by atoms with Gasteiger partial charge in [0.15, 0.2) is 5.75 Å². The molecule has 6 nitrogen and oxygen atoms in total. The molecule has 0 saturated heterocycles. The number of hydrogen-bond acceptors (Lipinski definition) is 4. The van der Waals surface area contributed by atoms with Crippen molar-refractivity contribution in [1.82, 2.24) is 20.1 Å². The van der Waals surface area contributed by atoms with Gasteiger partial charge in [0.05, 0.1) is 24.9 Å². The standard InChI is InChI=1S/C17H22N4O2/c1-12-13(5-4-8-18-12)9-17(22)20-15-6-3-7-16(15)23-14-10-19-21(2)11-14/h4-5,8,10-11,15-16H,3,6-7,9H2,1-2H3,(H,20,22)/t15-,16+/m0/s1. The topological polar surface area (TPSA) is 69.0 Å². The molecule has 0 radical (unpaired) electrons. The van der Waals surface area contributed by atoms with Crippen LogP contribution in [-0.2, 0) is 18.3 Å². The zero-order chi connectivity index (χ0) is 16.2. The molecule has 1 aliphatic rings. The zero-order valence-corrected chi connectivity index (χ0v) is 13.5.